The lowest BCUT2D eigenvalue weighted by molar-refractivity contribution is 0.248. The second-order valence-corrected chi connectivity index (χ2v) is 6.21. The summed E-state index contributed by atoms with van der Waals surface area (Å²) >= 11 is 0. The van der Waals surface area contributed by atoms with Crippen molar-refractivity contribution in [1.82, 2.24) is 5.32 Å². The van der Waals surface area contributed by atoms with Crippen molar-refractivity contribution >= 4 is 11.7 Å². The average molecular weight is 276 g/mol. The van der Waals surface area contributed by atoms with Crippen LogP contribution in [0.2, 0.25) is 0 Å². The maximum atomic E-state index is 12.0. The van der Waals surface area contributed by atoms with E-state index >= 15 is 0 Å². The molecule has 2 amide bonds. The van der Waals surface area contributed by atoms with Crippen LogP contribution >= 0.6 is 0 Å². The van der Waals surface area contributed by atoms with Crippen LogP contribution in [-0.2, 0) is 0 Å². The van der Waals surface area contributed by atoms with Crippen LogP contribution < -0.4 is 10.6 Å². The Morgan fingerprint density at radius 1 is 1.05 bits per heavy atom. The number of hydrogen-bond donors (Lipinski definition) is 2. The lowest BCUT2D eigenvalue weighted by Crippen LogP contribution is -2.36. The topological polar surface area (TPSA) is 41.1 Å². The molecule has 0 aliphatic heterocycles. The van der Waals surface area contributed by atoms with Crippen LogP contribution in [0.5, 0.6) is 0 Å². The predicted octanol–water partition coefficient (Wildman–Crippen LogP) is 4.76. The van der Waals surface area contributed by atoms with Crippen molar-refractivity contribution in [2.45, 2.75) is 59.4 Å². The first-order chi connectivity index (χ1) is 9.40. The number of carbonyl (C=O) groups excluding carboxylic acids is 1. The molecule has 20 heavy (non-hydrogen) atoms. The molecule has 0 saturated carbocycles. The molecular formula is C17H28N2O. The second-order valence-electron chi connectivity index (χ2n) is 6.21. The van der Waals surface area contributed by atoms with Crippen molar-refractivity contribution in [3.05, 3.63) is 29.8 Å². The minimum absolute atomic E-state index is 0.116. The number of carbonyl (C=O) groups is 1. The van der Waals surface area contributed by atoms with Gasteiger partial charge < -0.3 is 10.6 Å². The summed E-state index contributed by atoms with van der Waals surface area (Å²) in [4.78, 5) is 12.0. The fraction of sp³-hybridized carbons (Fsp3) is 0.588. The van der Waals surface area contributed by atoms with Gasteiger partial charge in [0.25, 0.3) is 0 Å². The molecule has 1 rings (SSSR count). The van der Waals surface area contributed by atoms with Crippen LogP contribution in [0.1, 0.15) is 58.9 Å². The van der Waals surface area contributed by atoms with E-state index in [9.17, 15) is 4.79 Å². The summed E-state index contributed by atoms with van der Waals surface area (Å²) in [6.07, 6.45) is 2.14. The predicted molar refractivity (Wildman–Crippen MR) is 86.2 cm³/mol. The van der Waals surface area contributed by atoms with Gasteiger partial charge in [0, 0.05) is 11.7 Å². The van der Waals surface area contributed by atoms with Gasteiger partial charge in [-0.15, -0.1) is 0 Å². The SMILES string of the molecule is CC(C)CCC(C)NC(=O)Nc1ccccc1C(C)C. The second kappa shape index (κ2) is 7.93. The quantitative estimate of drug-likeness (QED) is 0.773. The molecule has 0 fully saturated rings. The van der Waals surface area contributed by atoms with Crippen LogP contribution in [0.3, 0.4) is 0 Å². The van der Waals surface area contributed by atoms with E-state index < -0.39 is 0 Å². The van der Waals surface area contributed by atoms with Crippen LogP contribution in [-0.4, -0.2) is 12.1 Å². The molecule has 1 aromatic rings. The fourth-order valence-electron chi connectivity index (χ4n) is 2.15. The van der Waals surface area contributed by atoms with Gasteiger partial charge in [-0.1, -0.05) is 45.9 Å². The smallest absolute Gasteiger partial charge is 0.319 e. The van der Waals surface area contributed by atoms with Crippen molar-refractivity contribution in [1.29, 1.82) is 0 Å². The lowest BCUT2D eigenvalue weighted by atomic mass is 10.0. The number of nitrogens with one attached hydrogen (secondary N) is 2. The average Bonchev–Trinajstić information content (AvgIpc) is 2.36. The maximum absolute atomic E-state index is 12.0. The van der Waals surface area contributed by atoms with Crippen LogP contribution in [0, 0.1) is 5.92 Å². The summed E-state index contributed by atoms with van der Waals surface area (Å²) in [6, 6.07) is 8.04. The first kappa shape index (κ1) is 16.5. The van der Waals surface area contributed by atoms with Gasteiger partial charge in [0.2, 0.25) is 0 Å². The molecule has 0 spiro atoms. The highest BCUT2D eigenvalue weighted by molar-refractivity contribution is 5.90. The molecule has 112 valence electrons. The van der Waals surface area contributed by atoms with Gasteiger partial charge >= 0.3 is 6.03 Å². The summed E-state index contributed by atoms with van der Waals surface area (Å²) < 4.78 is 0. The van der Waals surface area contributed by atoms with Crippen LogP contribution in [0.25, 0.3) is 0 Å². The standard InChI is InChI=1S/C17H28N2O/c1-12(2)10-11-14(5)18-17(20)19-16-9-7-6-8-15(16)13(3)4/h6-9,12-14H,10-11H2,1-5H3,(H2,18,19,20). The molecule has 2 N–H and O–H groups in total. The largest absolute Gasteiger partial charge is 0.335 e. The molecular weight excluding hydrogens is 248 g/mol. The Balaban J connectivity index is 2.54. The van der Waals surface area contributed by atoms with E-state index in [2.05, 4.69) is 51.3 Å². The highest BCUT2D eigenvalue weighted by atomic mass is 16.2. The van der Waals surface area contributed by atoms with E-state index in [1.165, 1.54) is 0 Å². The molecule has 0 aliphatic carbocycles. The molecule has 1 aromatic carbocycles. The van der Waals surface area contributed by atoms with Crippen molar-refractivity contribution in [2.75, 3.05) is 5.32 Å². The number of rotatable bonds is 6. The van der Waals surface area contributed by atoms with Crippen molar-refractivity contribution < 1.29 is 4.79 Å². The monoisotopic (exact) mass is 276 g/mol. The molecule has 0 heterocycles. The maximum Gasteiger partial charge on any atom is 0.319 e. The number of benzene rings is 1. The van der Waals surface area contributed by atoms with Crippen LogP contribution in [0.4, 0.5) is 10.5 Å². The number of para-hydroxylation sites is 1. The summed E-state index contributed by atoms with van der Waals surface area (Å²) in [5.74, 6) is 1.06. The molecule has 3 heteroatoms. The van der Waals surface area contributed by atoms with Gasteiger partial charge in [0.1, 0.15) is 0 Å². The molecule has 0 aromatic heterocycles. The fourth-order valence-corrected chi connectivity index (χ4v) is 2.15. The van der Waals surface area contributed by atoms with E-state index in [1.807, 2.05) is 18.2 Å². The Morgan fingerprint density at radius 3 is 2.30 bits per heavy atom. The first-order valence-electron chi connectivity index (χ1n) is 7.56. The highest BCUT2D eigenvalue weighted by Crippen LogP contribution is 2.23. The van der Waals surface area contributed by atoms with Gasteiger partial charge in [-0.05, 0) is 43.2 Å². The van der Waals surface area contributed by atoms with Gasteiger partial charge in [-0.25, -0.2) is 4.79 Å². The van der Waals surface area contributed by atoms with Gasteiger partial charge in [0.15, 0.2) is 0 Å². The normalized spacial score (nSPS) is 12.6. The zero-order valence-electron chi connectivity index (χ0n) is 13.4. The van der Waals surface area contributed by atoms with Gasteiger partial charge in [0.05, 0.1) is 0 Å². The Morgan fingerprint density at radius 2 is 1.70 bits per heavy atom. The molecule has 0 radical (unpaired) electrons. The van der Waals surface area contributed by atoms with E-state index in [4.69, 9.17) is 0 Å². The lowest BCUT2D eigenvalue weighted by Gasteiger charge is -2.18. The first-order valence-corrected chi connectivity index (χ1v) is 7.56. The molecule has 3 nitrogen and oxygen atoms in total. The highest BCUT2D eigenvalue weighted by Gasteiger charge is 2.11. The van der Waals surface area contributed by atoms with Crippen LogP contribution in [0.15, 0.2) is 24.3 Å². The van der Waals surface area contributed by atoms with E-state index in [-0.39, 0.29) is 12.1 Å². The molecule has 0 bridgehead atoms. The number of anilines is 1. The Bertz CT molecular complexity index is 427. The Kier molecular flexibility index (Phi) is 6.56. The van der Waals surface area contributed by atoms with E-state index in [0.717, 1.165) is 24.1 Å². The third-order valence-corrected chi connectivity index (χ3v) is 3.39. The van der Waals surface area contributed by atoms with Crippen molar-refractivity contribution in [3.63, 3.8) is 0 Å². The van der Waals surface area contributed by atoms with Gasteiger partial charge in [-0.2, -0.15) is 0 Å². The number of amides is 2. The molecule has 0 saturated heterocycles. The Hall–Kier alpha value is -1.51. The van der Waals surface area contributed by atoms with Crippen molar-refractivity contribution in [3.8, 4) is 0 Å². The summed E-state index contributed by atoms with van der Waals surface area (Å²) in [7, 11) is 0. The minimum atomic E-state index is -0.116. The number of urea groups is 1. The molecule has 1 atom stereocenters. The zero-order valence-corrected chi connectivity index (χ0v) is 13.4. The minimum Gasteiger partial charge on any atom is -0.335 e. The molecule has 0 aliphatic rings. The summed E-state index contributed by atoms with van der Waals surface area (Å²) in [5, 5.41) is 5.96. The van der Waals surface area contributed by atoms with E-state index in [1.54, 1.807) is 0 Å². The number of hydrogen-bond acceptors (Lipinski definition) is 1. The van der Waals surface area contributed by atoms with Gasteiger partial charge in [-0.3, -0.25) is 0 Å². The van der Waals surface area contributed by atoms with E-state index in [0.29, 0.717) is 11.8 Å². The third-order valence-electron chi connectivity index (χ3n) is 3.39. The summed E-state index contributed by atoms with van der Waals surface area (Å²) in [5.41, 5.74) is 2.06. The summed E-state index contributed by atoms with van der Waals surface area (Å²) in [6.45, 7) is 10.7. The zero-order chi connectivity index (χ0) is 15.1. The van der Waals surface area contributed by atoms with Crippen molar-refractivity contribution in [2.24, 2.45) is 5.92 Å². The third kappa shape index (κ3) is 5.64. The Labute approximate surface area is 123 Å². The molecule has 1 unspecified atom stereocenters.